The molecular weight excluding hydrogens is 236 g/mol. The van der Waals surface area contributed by atoms with Gasteiger partial charge in [-0.3, -0.25) is 4.79 Å². The van der Waals surface area contributed by atoms with Crippen LogP contribution in [0.3, 0.4) is 0 Å². The highest BCUT2D eigenvalue weighted by Gasteiger charge is 2.30. The first kappa shape index (κ1) is 14.8. The van der Waals surface area contributed by atoms with Gasteiger partial charge < -0.3 is 10.6 Å². The largest absolute Gasteiger partial charge is 0.341 e. The molecule has 0 bridgehead atoms. The Morgan fingerprint density at radius 3 is 2.63 bits per heavy atom. The molecule has 0 spiro atoms. The monoisotopic (exact) mass is 266 g/mol. The van der Waals surface area contributed by atoms with Gasteiger partial charge in [0.05, 0.1) is 0 Å². The fraction of sp³-hybridized carbons (Fsp3) is 0.938. The van der Waals surface area contributed by atoms with E-state index >= 15 is 0 Å². The number of amides is 1. The lowest BCUT2D eigenvalue weighted by molar-refractivity contribution is -0.131. The van der Waals surface area contributed by atoms with Gasteiger partial charge in [-0.1, -0.05) is 33.1 Å². The highest BCUT2D eigenvalue weighted by molar-refractivity contribution is 5.76. The van der Waals surface area contributed by atoms with Crippen LogP contribution in [0.4, 0.5) is 0 Å². The molecule has 2 aliphatic rings. The Morgan fingerprint density at radius 1 is 1.26 bits per heavy atom. The first-order valence-electron chi connectivity index (χ1n) is 8.01. The van der Waals surface area contributed by atoms with Crippen molar-refractivity contribution in [2.45, 2.75) is 71.3 Å². The van der Waals surface area contributed by atoms with Crippen LogP contribution in [-0.4, -0.2) is 29.9 Å². The minimum absolute atomic E-state index is 0.186. The second kappa shape index (κ2) is 6.25. The van der Waals surface area contributed by atoms with Crippen LogP contribution in [0.15, 0.2) is 0 Å². The van der Waals surface area contributed by atoms with Crippen molar-refractivity contribution >= 4 is 5.91 Å². The van der Waals surface area contributed by atoms with Crippen molar-refractivity contribution in [3.05, 3.63) is 0 Å². The van der Waals surface area contributed by atoms with E-state index in [1.807, 2.05) is 4.90 Å². The zero-order valence-electron chi connectivity index (χ0n) is 12.7. The number of nitrogens with zero attached hydrogens (tertiary/aromatic N) is 1. The Morgan fingerprint density at radius 2 is 1.95 bits per heavy atom. The fourth-order valence-corrected chi connectivity index (χ4v) is 3.45. The Hall–Kier alpha value is -0.570. The van der Waals surface area contributed by atoms with E-state index in [0.717, 1.165) is 25.9 Å². The van der Waals surface area contributed by atoms with E-state index < -0.39 is 0 Å². The molecule has 19 heavy (non-hydrogen) atoms. The molecule has 2 N–H and O–H groups in total. The molecule has 1 aliphatic heterocycles. The molecule has 1 amide bonds. The SMILES string of the molecule is CC1(C)CCC(=O)N(CC(N)C2CCCCC2)CC1. The molecule has 1 saturated carbocycles. The fourth-order valence-electron chi connectivity index (χ4n) is 3.45. The number of hydrogen-bond acceptors (Lipinski definition) is 2. The molecule has 0 aromatic rings. The molecule has 3 heteroatoms. The van der Waals surface area contributed by atoms with Crippen LogP contribution in [0.25, 0.3) is 0 Å². The van der Waals surface area contributed by atoms with Crippen molar-refractivity contribution in [1.29, 1.82) is 0 Å². The summed E-state index contributed by atoms with van der Waals surface area (Å²) in [6, 6.07) is 0.186. The van der Waals surface area contributed by atoms with Crippen molar-refractivity contribution in [2.24, 2.45) is 17.1 Å². The number of likely N-dealkylation sites (tertiary alicyclic amines) is 1. The molecular formula is C16H30N2O. The van der Waals surface area contributed by atoms with Crippen molar-refractivity contribution < 1.29 is 4.79 Å². The number of rotatable bonds is 3. The lowest BCUT2D eigenvalue weighted by Gasteiger charge is -2.32. The smallest absolute Gasteiger partial charge is 0.222 e. The average Bonchev–Trinajstić information content (AvgIpc) is 2.53. The zero-order valence-corrected chi connectivity index (χ0v) is 12.7. The molecule has 110 valence electrons. The third kappa shape index (κ3) is 4.20. The van der Waals surface area contributed by atoms with E-state index in [2.05, 4.69) is 13.8 Å². The average molecular weight is 266 g/mol. The van der Waals surface area contributed by atoms with Gasteiger partial charge in [0.15, 0.2) is 0 Å². The van der Waals surface area contributed by atoms with Crippen molar-refractivity contribution in [1.82, 2.24) is 4.90 Å². The molecule has 0 aromatic carbocycles. The predicted octanol–water partition coefficient (Wildman–Crippen LogP) is 2.93. The summed E-state index contributed by atoms with van der Waals surface area (Å²) < 4.78 is 0. The molecule has 2 fully saturated rings. The van der Waals surface area contributed by atoms with E-state index in [-0.39, 0.29) is 6.04 Å². The van der Waals surface area contributed by atoms with Crippen LogP contribution in [-0.2, 0) is 4.79 Å². The molecule has 1 heterocycles. The molecule has 1 aliphatic carbocycles. The molecule has 2 rings (SSSR count). The van der Waals surface area contributed by atoms with E-state index in [0.29, 0.717) is 23.7 Å². The van der Waals surface area contributed by atoms with Gasteiger partial charge >= 0.3 is 0 Å². The van der Waals surface area contributed by atoms with Crippen LogP contribution < -0.4 is 5.73 Å². The molecule has 1 unspecified atom stereocenters. The number of hydrogen-bond donors (Lipinski definition) is 1. The molecule has 1 saturated heterocycles. The number of carbonyl (C=O) groups excluding carboxylic acids is 1. The molecule has 0 radical (unpaired) electrons. The third-order valence-electron chi connectivity index (χ3n) is 5.11. The van der Waals surface area contributed by atoms with Gasteiger partial charge in [-0.15, -0.1) is 0 Å². The van der Waals surface area contributed by atoms with Gasteiger partial charge in [-0.25, -0.2) is 0 Å². The van der Waals surface area contributed by atoms with Crippen LogP contribution in [0.2, 0.25) is 0 Å². The molecule has 1 atom stereocenters. The predicted molar refractivity (Wildman–Crippen MR) is 78.8 cm³/mol. The van der Waals surface area contributed by atoms with Gasteiger partial charge in [-0.05, 0) is 37.0 Å². The van der Waals surface area contributed by atoms with E-state index in [1.54, 1.807) is 0 Å². The van der Waals surface area contributed by atoms with Gasteiger partial charge in [-0.2, -0.15) is 0 Å². The lowest BCUT2D eigenvalue weighted by Crippen LogP contribution is -2.45. The van der Waals surface area contributed by atoms with Crippen LogP contribution >= 0.6 is 0 Å². The second-order valence-corrected chi connectivity index (χ2v) is 7.32. The Kier molecular flexibility index (Phi) is 4.88. The lowest BCUT2D eigenvalue weighted by atomic mass is 9.84. The van der Waals surface area contributed by atoms with Crippen LogP contribution in [0.1, 0.15) is 65.2 Å². The zero-order chi connectivity index (χ0) is 13.9. The van der Waals surface area contributed by atoms with Crippen LogP contribution in [0, 0.1) is 11.3 Å². The summed E-state index contributed by atoms with van der Waals surface area (Å²) in [5, 5.41) is 0. The van der Waals surface area contributed by atoms with E-state index in [9.17, 15) is 4.79 Å². The topological polar surface area (TPSA) is 46.3 Å². The van der Waals surface area contributed by atoms with E-state index in [4.69, 9.17) is 5.73 Å². The highest BCUT2D eigenvalue weighted by atomic mass is 16.2. The maximum absolute atomic E-state index is 12.2. The highest BCUT2D eigenvalue weighted by Crippen LogP contribution is 2.31. The summed E-state index contributed by atoms with van der Waals surface area (Å²) in [5.41, 5.74) is 6.67. The maximum Gasteiger partial charge on any atom is 0.222 e. The summed E-state index contributed by atoms with van der Waals surface area (Å²) in [6.45, 7) is 6.21. The van der Waals surface area contributed by atoms with Gasteiger partial charge in [0, 0.05) is 25.6 Å². The minimum atomic E-state index is 0.186. The van der Waals surface area contributed by atoms with Crippen molar-refractivity contribution in [2.75, 3.05) is 13.1 Å². The van der Waals surface area contributed by atoms with E-state index in [1.165, 1.54) is 32.1 Å². The first-order chi connectivity index (χ1) is 8.98. The Bertz CT molecular complexity index is 308. The summed E-state index contributed by atoms with van der Waals surface area (Å²) in [5.74, 6) is 0.953. The number of carbonyl (C=O) groups is 1. The second-order valence-electron chi connectivity index (χ2n) is 7.32. The van der Waals surface area contributed by atoms with Crippen molar-refractivity contribution in [3.63, 3.8) is 0 Å². The van der Waals surface area contributed by atoms with Crippen molar-refractivity contribution in [3.8, 4) is 0 Å². The number of nitrogens with two attached hydrogens (primary N) is 1. The van der Waals surface area contributed by atoms with Crippen LogP contribution in [0.5, 0.6) is 0 Å². The van der Waals surface area contributed by atoms with Gasteiger partial charge in [0.25, 0.3) is 0 Å². The molecule has 0 aromatic heterocycles. The normalized spacial score (nSPS) is 27.1. The van der Waals surface area contributed by atoms with Gasteiger partial charge in [0.1, 0.15) is 0 Å². The quantitative estimate of drug-likeness (QED) is 0.853. The summed E-state index contributed by atoms with van der Waals surface area (Å²) >= 11 is 0. The Labute approximate surface area is 117 Å². The third-order valence-corrected chi connectivity index (χ3v) is 5.11. The maximum atomic E-state index is 12.2. The van der Waals surface area contributed by atoms with Gasteiger partial charge in [0.2, 0.25) is 5.91 Å². The summed E-state index contributed by atoms with van der Waals surface area (Å²) in [4.78, 5) is 14.2. The summed E-state index contributed by atoms with van der Waals surface area (Å²) in [7, 11) is 0. The molecule has 3 nitrogen and oxygen atoms in total. The summed E-state index contributed by atoms with van der Waals surface area (Å²) in [6.07, 6.45) is 9.34. The minimum Gasteiger partial charge on any atom is -0.341 e. The standard InChI is InChI=1S/C16H30N2O/c1-16(2)9-8-15(19)18(11-10-16)12-14(17)13-6-4-3-5-7-13/h13-14H,3-12,17H2,1-2H3. The Balaban J connectivity index is 1.88. The first-order valence-corrected chi connectivity index (χ1v) is 8.01.